The zero-order chi connectivity index (χ0) is 11.1. The molecule has 0 spiro atoms. The van der Waals surface area contributed by atoms with Gasteiger partial charge in [0.15, 0.2) is 0 Å². The van der Waals surface area contributed by atoms with Crippen molar-refractivity contribution in [3.63, 3.8) is 0 Å². The Labute approximate surface area is 96.8 Å². The first-order valence-corrected chi connectivity index (χ1v) is 5.86. The zero-order valence-electron chi connectivity index (χ0n) is 8.69. The van der Waals surface area contributed by atoms with Gasteiger partial charge in [-0.15, -0.1) is 11.3 Å². The summed E-state index contributed by atoms with van der Waals surface area (Å²) in [5.74, 6) is 0. The van der Waals surface area contributed by atoms with Crippen LogP contribution in [-0.2, 0) is 0 Å². The minimum Gasteiger partial charge on any atom is -0.237 e. The standard InChI is InChI=1S/C13H8N2S/c1-8-3-2-4-9-11(7-14)10-5-6-16-13(10)15-12(8)9/h2-6H,1H3. The number of aromatic nitrogens is 1. The van der Waals surface area contributed by atoms with Crippen molar-refractivity contribution < 1.29 is 0 Å². The maximum atomic E-state index is 9.27. The van der Waals surface area contributed by atoms with Crippen molar-refractivity contribution in [2.75, 3.05) is 0 Å². The van der Waals surface area contributed by atoms with Crippen molar-refractivity contribution in [2.24, 2.45) is 0 Å². The van der Waals surface area contributed by atoms with Gasteiger partial charge in [-0.25, -0.2) is 4.98 Å². The first-order valence-electron chi connectivity index (χ1n) is 4.98. The number of aryl methyl sites for hydroxylation is 1. The third-order valence-corrected chi connectivity index (χ3v) is 3.55. The highest BCUT2D eigenvalue weighted by Gasteiger charge is 2.10. The van der Waals surface area contributed by atoms with Gasteiger partial charge in [0, 0.05) is 10.8 Å². The molecule has 0 radical (unpaired) electrons. The molecule has 0 amide bonds. The van der Waals surface area contributed by atoms with Crippen LogP contribution in [-0.4, -0.2) is 4.98 Å². The van der Waals surface area contributed by atoms with Crippen LogP contribution in [0.1, 0.15) is 11.1 Å². The summed E-state index contributed by atoms with van der Waals surface area (Å²) in [5.41, 5.74) is 2.79. The molecule has 3 aromatic rings. The molecule has 2 aromatic heterocycles. The number of para-hydroxylation sites is 1. The van der Waals surface area contributed by atoms with Crippen LogP contribution in [0.5, 0.6) is 0 Å². The predicted octanol–water partition coefficient (Wildman–Crippen LogP) is 3.63. The quantitative estimate of drug-likeness (QED) is 0.584. The monoisotopic (exact) mass is 224 g/mol. The van der Waals surface area contributed by atoms with E-state index in [2.05, 4.69) is 11.1 Å². The Morgan fingerprint density at radius 1 is 1.25 bits per heavy atom. The van der Waals surface area contributed by atoms with E-state index in [9.17, 15) is 5.26 Å². The average molecular weight is 224 g/mol. The summed E-state index contributed by atoms with van der Waals surface area (Å²) >= 11 is 1.58. The number of rotatable bonds is 0. The molecular formula is C13H8N2S. The number of fused-ring (bicyclic) bond motifs is 2. The Morgan fingerprint density at radius 2 is 2.12 bits per heavy atom. The molecule has 3 heteroatoms. The molecule has 2 nitrogen and oxygen atoms in total. The Bertz CT molecular complexity index is 735. The molecule has 0 unspecified atom stereocenters. The maximum absolute atomic E-state index is 9.27. The fourth-order valence-electron chi connectivity index (χ4n) is 1.95. The van der Waals surface area contributed by atoms with Gasteiger partial charge in [0.1, 0.15) is 10.9 Å². The van der Waals surface area contributed by atoms with Gasteiger partial charge in [-0.2, -0.15) is 5.26 Å². The minimum atomic E-state index is 0.741. The average Bonchev–Trinajstić information content (AvgIpc) is 2.75. The summed E-state index contributed by atoms with van der Waals surface area (Å²) in [7, 11) is 0. The molecule has 0 N–H and O–H groups in total. The molecule has 76 valence electrons. The second-order valence-electron chi connectivity index (χ2n) is 3.71. The molecular weight excluding hydrogens is 216 g/mol. The largest absolute Gasteiger partial charge is 0.237 e. The van der Waals surface area contributed by atoms with E-state index in [-0.39, 0.29) is 0 Å². The van der Waals surface area contributed by atoms with Crippen LogP contribution < -0.4 is 0 Å². The molecule has 0 aliphatic rings. The molecule has 0 fully saturated rings. The Kier molecular flexibility index (Phi) is 1.92. The van der Waals surface area contributed by atoms with Gasteiger partial charge in [-0.3, -0.25) is 0 Å². The number of benzene rings is 1. The lowest BCUT2D eigenvalue weighted by atomic mass is 10.0. The van der Waals surface area contributed by atoms with Gasteiger partial charge in [0.05, 0.1) is 11.1 Å². The predicted molar refractivity (Wildman–Crippen MR) is 66.6 cm³/mol. The number of hydrogen-bond acceptors (Lipinski definition) is 3. The highest BCUT2D eigenvalue weighted by molar-refractivity contribution is 7.16. The van der Waals surface area contributed by atoms with Crippen LogP contribution in [0.4, 0.5) is 0 Å². The summed E-state index contributed by atoms with van der Waals surface area (Å²) in [6.07, 6.45) is 0. The topological polar surface area (TPSA) is 36.7 Å². The van der Waals surface area contributed by atoms with Crippen LogP contribution >= 0.6 is 11.3 Å². The SMILES string of the molecule is Cc1cccc2c(C#N)c3ccsc3nc12. The molecule has 0 saturated carbocycles. The number of pyridine rings is 1. The molecule has 2 heterocycles. The summed E-state index contributed by atoms with van der Waals surface area (Å²) in [5, 5.41) is 13.2. The van der Waals surface area contributed by atoms with Gasteiger partial charge < -0.3 is 0 Å². The molecule has 16 heavy (non-hydrogen) atoms. The van der Waals surface area contributed by atoms with Gasteiger partial charge in [0.2, 0.25) is 0 Å². The first kappa shape index (κ1) is 9.32. The van der Waals surface area contributed by atoms with Gasteiger partial charge in [0.25, 0.3) is 0 Å². The van der Waals surface area contributed by atoms with E-state index in [0.29, 0.717) is 0 Å². The molecule has 0 bridgehead atoms. The smallest absolute Gasteiger partial charge is 0.125 e. The highest BCUT2D eigenvalue weighted by atomic mass is 32.1. The van der Waals surface area contributed by atoms with E-state index in [1.807, 2.05) is 36.6 Å². The van der Waals surface area contributed by atoms with E-state index in [4.69, 9.17) is 0 Å². The molecule has 0 saturated heterocycles. The Hall–Kier alpha value is -1.92. The first-order chi connectivity index (χ1) is 7.81. The normalized spacial score (nSPS) is 10.8. The van der Waals surface area contributed by atoms with Crippen molar-refractivity contribution in [1.29, 1.82) is 5.26 Å². The van der Waals surface area contributed by atoms with Crippen LogP contribution in [0, 0.1) is 18.3 Å². The maximum Gasteiger partial charge on any atom is 0.125 e. The molecule has 0 aliphatic heterocycles. The van der Waals surface area contributed by atoms with Gasteiger partial charge >= 0.3 is 0 Å². The van der Waals surface area contributed by atoms with Crippen molar-refractivity contribution in [3.05, 3.63) is 40.8 Å². The van der Waals surface area contributed by atoms with Crippen LogP contribution in [0.3, 0.4) is 0 Å². The minimum absolute atomic E-state index is 0.741. The van der Waals surface area contributed by atoms with Crippen LogP contribution in [0.15, 0.2) is 29.6 Å². The van der Waals surface area contributed by atoms with E-state index in [1.165, 1.54) is 0 Å². The molecule has 0 aliphatic carbocycles. The van der Waals surface area contributed by atoms with Crippen molar-refractivity contribution in [2.45, 2.75) is 6.92 Å². The second kappa shape index (κ2) is 3.29. The Balaban J connectivity index is 2.66. The number of hydrogen-bond donors (Lipinski definition) is 0. The summed E-state index contributed by atoms with van der Waals surface area (Å²) in [4.78, 5) is 5.56. The van der Waals surface area contributed by atoms with Gasteiger partial charge in [-0.05, 0) is 23.9 Å². The number of nitrogens with zero attached hydrogens (tertiary/aromatic N) is 2. The lowest BCUT2D eigenvalue weighted by molar-refractivity contribution is 1.43. The van der Waals surface area contributed by atoms with E-state index >= 15 is 0 Å². The Morgan fingerprint density at radius 3 is 2.94 bits per heavy atom. The molecule has 0 atom stereocenters. The van der Waals surface area contributed by atoms with E-state index in [1.54, 1.807) is 11.3 Å². The fourth-order valence-corrected chi connectivity index (χ4v) is 2.73. The van der Waals surface area contributed by atoms with E-state index in [0.717, 1.165) is 32.2 Å². The van der Waals surface area contributed by atoms with Crippen LogP contribution in [0.2, 0.25) is 0 Å². The van der Waals surface area contributed by atoms with E-state index < -0.39 is 0 Å². The van der Waals surface area contributed by atoms with Crippen molar-refractivity contribution in [3.8, 4) is 6.07 Å². The van der Waals surface area contributed by atoms with Crippen LogP contribution in [0.25, 0.3) is 21.1 Å². The van der Waals surface area contributed by atoms with Crippen molar-refractivity contribution in [1.82, 2.24) is 4.98 Å². The number of nitriles is 1. The third kappa shape index (κ3) is 1.14. The molecule has 1 aromatic carbocycles. The highest BCUT2D eigenvalue weighted by Crippen LogP contribution is 2.29. The second-order valence-corrected chi connectivity index (χ2v) is 4.60. The fraction of sp³-hybridized carbons (Fsp3) is 0.0769. The summed E-state index contributed by atoms with van der Waals surface area (Å²) in [6, 6.07) is 10.2. The zero-order valence-corrected chi connectivity index (χ0v) is 9.51. The van der Waals surface area contributed by atoms with Gasteiger partial charge in [-0.1, -0.05) is 18.2 Å². The molecule has 3 rings (SSSR count). The summed E-state index contributed by atoms with van der Waals surface area (Å²) in [6.45, 7) is 2.02. The lowest BCUT2D eigenvalue weighted by Gasteiger charge is -2.03. The lowest BCUT2D eigenvalue weighted by Crippen LogP contribution is -1.87. The number of thiophene rings is 1. The van der Waals surface area contributed by atoms with Crippen molar-refractivity contribution >= 4 is 32.5 Å². The summed E-state index contributed by atoms with van der Waals surface area (Å²) < 4.78 is 0. The third-order valence-electron chi connectivity index (χ3n) is 2.75.